The molecule has 1 aromatic heterocycles. The zero-order valence-electron chi connectivity index (χ0n) is 10.9. The molecule has 1 heterocycles. The van der Waals surface area contributed by atoms with E-state index in [0.29, 0.717) is 24.5 Å². The van der Waals surface area contributed by atoms with Crippen LogP contribution in [0.2, 0.25) is 0 Å². The summed E-state index contributed by atoms with van der Waals surface area (Å²) in [5.41, 5.74) is 7.59. The van der Waals surface area contributed by atoms with Gasteiger partial charge in [-0.1, -0.05) is 19.1 Å². The Morgan fingerprint density at radius 1 is 1.32 bits per heavy atom. The molecule has 5 heteroatoms. The fraction of sp³-hybridized carbons (Fsp3) is 0.286. The molecular formula is C14H17FN4. The SMILES string of the molecule is CCc1nc(-c2ccccc2F)ncc1NCCN. The predicted octanol–water partition coefficient (Wildman–Crippen LogP) is 2.22. The summed E-state index contributed by atoms with van der Waals surface area (Å²) in [5.74, 6) is 0.0977. The highest BCUT2D eigenvalue weighted by Crippen LogP contribution is 2.21. The Balaban J connectivity index is 2.36. The number of rotatable bonds is 5. The smallest absolute Gasteiger partial charge is 0.162 e. The van der Waals surface area contributed by atoms with E-state index in [0.717, 1.165) is 17.8 Å². The van der Waals surface area contributed by atoms with Gasteiger partial charge in [0.2, 0.25) is 0 Å². The first-order chi connectivity index (χ1) is 9.26. The predicted molar refractivity (Wildman–Crippen MR) is 74.3 cm³/mol. The van der Waals surface area contributed by atoms with Crippen molar-refractivity contribution in [1.29, 1.82) is 0 Å². The van der Waals surface area contributed by atoms with Gasteiger partial charge in [0.15, 0.2) is 5.82 Å². The summed E-state index contributed by atoms with van der Waals surface area (Å²) in [6.07, 6.45) is 2.43. The third-order valence-corrected chi connectivity index (χ3v) is 2.78. The molecule has 0 radical (unpaired) electrons. The number of hydrogen-bond acceptors (Lipinski definition) is 4. The van der Waals surface area contributed by atoms with Gasteiger partial charge in [-0.15, -0.1) is 0 Å². The monoisotopic (exact) mass is 260 g/mol. The zero-order valence-corrected chi connectivity index (χ0v) is 10.9. The average Bonchev–Trinajstić information content (AvgIpc) is 2.45. The molecule has 0 bridgehead atoms. The first-order valence-corrected chi connectivity index (χ1v) is 6.31. The Morgan fingerprint density at radius 3 is 2.79 bits per heavy atom. The molecule has 0 fully saturated rings. The van der Waals surface area contributed by atoms with Crippen molar-refractivity contribution in [1.82, 2.24) is 9.97 Å². The summed E-state index contributed by atoms with van der Waals surface area (Å²) < 4.78 is 13.7. The van der Waals surface area contributed by atoms with Crippen molar-refractivity contribution in [2.75, 3.05) is 18.4 Å². The van der Waals surface area contributed by atoms with Crippen molar-refractivity contribution in [2.45, 2.75) is 13.3 Å². The summed E-state index contributed by atoms with van der Waals surface area (Å²) >= 11 is 0. The van der Waals surface area contributed by atoms with Crippen molar-refractivity contribution in [2.24, 2.45) is 5.73 Å². The largest absolute Gasteiger partial charge is 0.381 e. The van der Waals surface area contributed by atoms with E-state index >= 15 is 0 Å². The Bertz CT molecular complexity index is 557. The Morgan fingerprint density at radius 2 is 2.11 bits per heavy atom. The van der Waals surface area contributed by atoms with Crippen LogP contribution in [0.3, 0.4) is 0 Å². The first-order valence-electron chi connectivity index (χ1n) is 6.31. The number of halogens is 1. The molecule has 0 atom stereocenters. The van der Waals surface area contributed by atoms with E-state index in [4.69, 9.17) is 5.73 Å². The zero-order chi connectivity index (χ0) is 13.7. The minimum atomic E-state index is -0.313. The maximum Gasteiger partial charge on any atom is 0.162 e. The summed E-state index contributed by atoms with van der Waals surface area (Å²) in [6, 6.07) is 6.51. The third-order valence-electron chi connectivity index (χ3n) is 2.78. The molecule has 3 N–H and O–H groups in total. The lowest BCUT2D eigenvalue weighted by Gasteiger charge is -2.10. The van der Waals surface area contributed by atoms with E-state index in [1.807, 2.05) is 6.92 Å². The fourth-order valence-corrected chi connectivity index (χ4v) is 1.81. The van der Waals surface area contributed by atoms with Crippen LogP contribution in [0.15, 0.2) is 30.5 Å². The van der Waals surface area contributed by atoms with E-state index in [-0.39, 0.29) is 5.82 Å². The van der Waals surface area contributed by atoms with Crippen LogP contribution in [0.4, 0.5) is 10.1 Å². The molecule has 0 aliphatic rings. The second-order valence-electron chi connectivity index (χ2n) is 4.10. The highest BCUT2D eigenvalue weighted by atomic mass is 19.1. The van der Waals surface area contributed by atoms with Crippen LogP contribution < -0.4 is 11.1 Å². The van der Waals surface area contributed by atoms with E-state index in [2.05, 4.69) is 15.3 Å². The van der Waals surface area contributed by atoms with Crippen LogP contribution in [-0.4, -0.2) is 23.1 Å². The molecule has 2 rings (SSSR count). The summed E-state index contributed by atoms with van der Waals surface area (Å²) in [5, 5.41) is 3.16. The second-order valence-corrected chi connectivity index (χ2v) is 4.10. The Hall–Kier alpha value is -2.01. The van der Waals surface area contributed by atoms with Gasteiger partial charge in [-0.05, 0) is 18.6 Å². The van der Waals surface area contributed by atoms with E-state index < -0.39 is 0 Å². The number of nitrogens with two attached hydrogens (primary N) is 1. The highest BCUT2D eigenvalue weighted by molar-refractivity contribution is 5.58. The lowest BCUT2D eigenvalue weighted by atomic mass is 10.2. The average molecular weight is 260 g/mol. The van der Waals surface area contributed by atoms with Gasteiger partial charge in [0, 0.05) is 13.1 Å². The van der Waals surface area contributed by atoms with E-state index in [1.165, 1.54) is 6.07 Å². The van der Waals surface area contributed by atoms with Gasteiger partial charge >= 0.3 is 0 Å². The summed E-state index contributed by atoms with van der Waals surface area (Å²) in [6.45, 7) is 3.20. The van der Waals surface area contributed by atoms with Crippen molar-refractivity contribution in [3.8, 4) is 11.4 Å². The minimum absolute atomic E-state index is 0.313. The number of benzene rings is 1. The van der Waals surface area contributed by atoms with Crippen LogP contribution in [0.5, 0.6) is 0 Å². The molecule has 0 unspecified atom stereocenters. The van der Waals surface area contributed by atoms with E-state index in [1.54, 1.807) is 24.4 Å². The van der Waals surface area contributed by atoms with Gasteiger partial charge in [-0.3, -0.25) is 0 Å². The lowest BCUT2D eigenvalue weighted by Crippen LogP contribution is -2.15. The molecule has 1 aromatic carbocycles. The molecule has 19 heavy (non-hydrogen) atoms. The van der Waals surface area contributed by atoms with Crippen LogP contribution in [0.1, 0.15) is 12.6 Å². The Kier molecular flexibility index (Phi) is 4.41. The maximum atomic E-state index is 13.7. The first kappa shape index (κ1) is 13.4. The quantitative estimate of drug-likeness (QED) is 0.865. The van der Waals surface area contributed by atoms with E-state index in [9.17, 15) is 4.39 Å². The molecule has 0 spiro atoms. The van der Waals surface area contributed by atoms with Crippen LogP contribution in [0.25, 0.3) is 11.4 Å². The number of anilines is 1. The normalized spacial score (nSPS) is 10.5. The van der Waals surface area contributed by atoms with Gasteiger partial charge in [-0.2, -0.15) is 0 Å². The van der Waals surface area contributed by atoms with Gasteiger partial charge in [0.05, 0.1) is 23.1 Å². The molecule has 0 saturated heterocycles. The summed E-state index contributed by atoms with van der Waals surface area (Å²) in [7, 11) is 0. The van der Waals surface area contributed by atoms with Crippen LogP contribution in [0, 0.1) is 5.82 Å². The molecular weight excluding hydrogens is 243 g/mol. The molecule has 0 amide bonds. The number of aromatic nitrogens is 2. The summed E-state index contributed by atoms with van der Waals surface area (Å²) in [4.78, 5) is 8.64. The molecule has 0 saturated carbocycles. The number of aryl methyl sites for hydroxylation is 1. The Labute approximate surface area is 111 Å². The molecule has 0 aliphatic heterocycles. The number of hydrogen-bond donors (Lipinski definition) is 2. The second kappa shape index (κ2) is 6.24. The lowest BCUT2D eigenvalue weighted by molar-refractivity contribution is 0.630. The number of nitrogens with one attached hydrogen (secondary N) is 1. The molecule has 2 aromatic rings. The van der Waals surface area contributed by atoms with Crippen LogP contribution in [-0.2, 0) is 6.42 Å². The molecule has 4 nitrogen and oxygen atoms in total. The fourth-order valence-electron chi connectivity index (χ4n) is 1.81. The molecule has 100 valence electrons. The van der Waals surface area contributed by atoms with Crippen molar-refractivity contribution in [3.63, 3.8) is 0 Å². The third kappa shape index (κ3) is 3.06. The minimum Gasteiger partial charge on any atom is -0.381 e. The van der Waals surface area contributed by atoms with Gasteiger partial charge in [0.25, 0.3) is 0 Å². The van der Waals surface area contributed by atoms with Crippen molar-refractivity contribution >= 4 is 5.69 Å². The topological polar surface area (TPSA) is 63.8 Å². The molecule has 0 aliphatic carbocycles. The highest BCUT2D eigenvalue weighted by Gasteiger charge is 2.10. The van der Waals surface area contributed by atoms with Gasteiger partial charge in [-0.25, -0.2) is 14.4 Å². The maximum absolute atomic E-state index is 13.7. The van der Waals surface area contributed by atoms with Crippen molar-refractivity contribution < 1.29 is 4.39 Å². The number of nitrogens with zero attached hydrogens (tertiary/aromatic N) is 2. The van der Waals surface area contributed by atoms with Crippen LogP contribution >= 0.6 is 0 Å². The van der Waals surface area contributed by atoms with Gasteiger partial charge < -0.3 is 11.1 Å². The standard InChI is InChI=1S/C14H17FN4/c1-2-12-13(17-8-7-16)9-18-14(19-12)10-5-3-4-6-11(10)15/h3-6,9,17H,2,7-8,16H2,1H3. The van der Waals surface area contributed by atoms with Crippen molar-refractivity contribution in [3.05, 3.63) is 42.0 Å². The van der Waals surface area contributed by atoms with Gasteiger partial charge in [0.1, 0.15) is 5.82 Å².